The average molecular weight is 235 g/mol. The lowest BCUT2D eigenvalue weighted by molar-refractivity contribution is -0.154. The third kappa shape index (κ3) is 3.41. The molecule has 7 heteroatoms. The van der Waals surface area contributed by atoms with Gasteiger partial charge in [0.2, 0.25) is 5.88 Å². The van der Waals surface area contributed by atoms with Gasteiger partial charge in [0.1, 0.15) is 0 Å². The van der Waals surface area contributed by atoms with Gasteiger partial charge in [-0.3, -0.25) is 0 Å². The molecule has 0 aliphatic carbocycles. The number of hydrogen-bond donors (Lipinski definition) is 1. The molecule has 1 N–H and O–H groups in total. The molecule has 0 saturated carbocycles. The summed E-state index contributed by atoms with van der Waals surface area (Å²) in [6, 6.07) is 2.53. The number of halogens is 3. The second-order valence-corrected chi connectivity index (χ2v) is 3.03. The molecule has 1 aromatic heterocycles. The van der Waals surface area contributed by atoms with Gasteiger partial charge in [0.25, 0.3) is 0 Å². The zero-order valence-corrected chi connectivity index (χ0v) is 8.21. The predicted molar refractivity (Wildman–Crippen MR) is 47.5 cm³/mol. The molecule has 16 heavy (non-hydrogen) atoms. The van der Waals surface area contributed by atoms with Gasteiger partial charge in [0.15, 0.2) is 12.3 Å². The Morgan fingerprint density at radius 2 is 2.12 bits per heavy atom. The molecule has 88 valence electrons. The van der Waals surface area contributed by atoms with E-state index in [1.165, 1.54) is 19.1 Å². The fourth-order valence-corrected chi connectivity index (χ4v) is 0.925. The van der Waals surface area contributed by atoms with Crippen molar-refractivity contribution in [3.8, 4) is 5.88 Å². The minimum Gasteiger partial charge on any atom is -0.477 e. The van der Waals surface area contributed by atoms with E-state index < -0.39 is 18.8 Å². The number of aromatic nitrogens is 1. The van der Waals surface area contributed by atoms with Crippen molar-refractivity contribution in [3.63, 3.8) is 0 Å². The molecule has 0 spiro atoms. The average Bonchev–Trinajstić information content (AvgIpc) is 2.14. The molecule has 1 rings (SSSR count). The van der Waals surface area contributed by atoms with E-state index in [4.69, 9.17) is 5.11 Å². The third-order valence-electron chi connectivity index (χ3n) is 1.64. The van der Waals surface area contributed by atoms with Gasteiger partial charge in [-0.2, -0.15) is 13.2 Å². The van der Waals surface area contributed by atoms with E-state index in [0.29, 0.717) is 5.56 Å². The predicted octanol–water partition coefficient (Wildman–Crippen LogP) is 2.03. The van der Waals surface area contributed by atoms with Crippen molar-refractivity contribution in [1.82, 2.24) is 4.98 Å². The molecule has 0 saturated heterocycles. The number of rotatable bonds is 3. The van der Waals surface area contributed by atoms with E-state index in [-0.39, 0.29) is 11.6 Å². The molecule has 0 atom stereocenters. The number of hydrogen-bond acceptors (Lipinski definition) is 3. The molecule has 4 nitrogen and oxygen atoms in total. The van der Waals surface area contributed by atoms with E-state index in [0.717, 1.165) is 0 Å². The monoisotopic (exact) mass is 235 g/mol. The van der Waals surface area contributed by atoms with Crippen LogP contribution in [0.2, 0.25) is 0 Å². The zero-order valence-electron chi connectivity index (χ0n) is 8.21. The van der Waals surface area contributed by atoms with Crippen LogP contribution in [0.15, 0.2) is 12.1 Å². The number of pyridine rings is 1. The highest BCUT2D eigenvalue weighted by atomic mass is 19.4. The minimum atomic E-state index is -4.48. The van der Waals surface area contributed by atoms with E-state index in [1.807, 2.05) is 0 Å². The van der Waals surface area contributed by atoms with Crippen LogP contribution in [0, 0.1) is 6.92 Å². The molecule has 0 amide bonds. The smallest absolute Gasteiger partial charge is 0.422 e. The SMILES string of the molecule is Cc1ccc(C(=O)O)nc1OCC(F)(F)F. The normalized spacial score (nSPS) is 11.2. The number of nitrogens with zero attached hydrogens (tertiary/aromatic N) is 1. The first-order chi connectivity index (χ1) is 7.29. The Morgan fingerprint density at radius 3 is 2.62 bits per heavy atom. The number of carbonyl (C=O) groups is 1. The molecule has 0 aliphatic rings. The molecule has 0 bridgehead atoms. The maximum absolute atomic E-state index is 11.9. The van der Waals surface area contributed by atoms with Gasteiger partial charge in [0, 0.05) is 5.56 Å². The van der Waals surface area contributed by atoms with Gasteiger partial charge < -0.3 is 9.84 Å². The van der Waals surface area contributed by atoms with Crippen molar-refractivity contribution in [2.75, 3.05) is 6.61 Å². The third-order valence-corrected chi connectivity index (χ3v) is 1.64. The summed E-state index contributed by atoms with van der Waals surface area (Å²) in [5.74, 6) is -1.64. The van der Waals surface area contributed by atoms with Crippen molar-refractivity contribution >= 4 is 5.97 Å². The number of ether oxygens (including phenoxy) is 1. The first-order valence-corrected chi connectivity index (χ1v) is 4.20. The molecule has 0 aromatic carbocycles. The van der Waals surface area contributed by atoms with Crippen molar-refractivity contribution in [2.24, 2.45) is 0 Å². The second kappa shape index (κ2) is 4.38. The number of aromatic carboxylic acids is 1. The van der Waals surface area contributed by atoms with Crippen LogP contribution in [0.3, 0.4) is 0 Å². The lowest BCUT2D eigenvalue weighted by Crippen LogP contribution is -2.20. The quantitative estimate of drug-likeness (QED) is 0.870. The first kappa shape index (κ1) is 12.3. The summed E-state index contributed by atoms with van der Waals surface area (Å²) in [6.07, 6.45) is -4.48. The summed E-state index contributed by atoms with van der Waals surface area (Å²) < 4.78 is 40.0. The molecule has 0 radical (unpaired) electrons. The number of aryl methyl sites for hydroxylation is 1. The van der Waals surface area contributed by atoms with Gasteiger partial charge in [-0.15, -0.1) is 0 Å². The Bertz CT molecular complexity index is 403. The topological polar surface area (TPSA) is 59.4 Å². The van der Waals surface area contributed by atoms with E-state index >= 15 is 0 Å². The molecular formula is C9H8F3NO3. The fraction of sp³-hybridized carbons (Fsp3) is 0.333. The van der Waals surface area contributed by atoms with Crippen molar-refractivity contribution in [2.45, 2.75) is 13.1 Å². The van der Waals surface area contributed by atoms with Crippen LogP contribution < -0.4 is 4.74 Å². The standard InChI is InChI=1S/C9H8F3NO3/c1-5-2-3-6(8(14)15)13-7(5)16-4-9(10,11)12/h2-3H,4H2,1H3,(H,14,15). The zero-order chi connectivity index (χ0) is 12.3. The Labute approximate surface area is 88.7 Å². The van der Waals surface area contributed by atoms with Crippen LogP contribution in [0.25, 0.3) is 0 Å². The lowest BCUT2D eigenvalue weighted by atomic mass is 10.2. The number of carboxylic acids is 1. The first-order valence-electron chi connectivity index (χ1n) is 4.20. The maximum Gasteiger partial charge on any atom is 0.422 e. The van der Waals surface area contributed by atoms with Crippen LogP contribution >= 0.6 is 0 Å². The van der Waals surface area contributed by atoms with Crippen molar-refractivity contribution in [3.05, 3.63) is 23.4 Å². The highest BCUT2D eigenvalue weighted by Gasteiger charge is 2.29. The second-order valence-electron chi connectivity index (χ2n) is 3.03. The summed E-state index contributed by atoms with van der Waals surface area (Å²) in [4.78, 5) is 14.0. The molecule has 0 fully saturated rings. The summed E-state index contributed by atoms with van der Waals surface area (Å²) in [5, 5.41) is 8.59. The van der Waals surface area contributed by atoms with Gasteiger partial charge in [-0.25, -0.2) is 9.78 Å². The minimum absolute atomic E-state index is 0.322. The molecular weight excluding hydrogens is 227 g/mol. The number of alkyl halides is 3. The van der Waals surface area contributed by atoms with Crippen LogP contribution in [-0.4, -0.2) is 28.8 Å². The lowest BCUT2D eigenvalue weighted by Gasteiger charge is -2.10. The van der Waals surface area contributed by atoms with Crippen molar-refractivity contribution in [1.29, 1.82) is 0 Å². The summed E-state index contributed by atoms with van der Waals surface area (Å²) >= 11 is 0. The number of carboxylic acid groups (broad SMARTS) is 1. The molecule has 1 aromatic rings. The Kier molecular flexibility index (Phi) is 3.36. The molecule has 0 aliphatic heterocycles. The highest BCUT2D eigenvalue weighted by Crippen LogP contribution is 2.20. The highest BCUT2D eigenvalue weighted by molar-refractivity contribution is 5.85. The van der Waals surface area contributed by atoms with E-state index in [2.05, 4.69) is 9.72 Å². The Morgan fingerprint density at radius 1 is 1.50 bits per heavy atom. The molecule has 1 heterocycles. The fourth-order valence-electron chi connectivity index (χ4n) is 0.925. The summed E-state index contributed by atoms with van der Waals surface area (Å²) in [7, 11) is 0. The van der Waals surface area contributed by atoms with Crippen LogP contribution in [-0.2, 0) is 0 Å². The van der Waals surface area contributed by atoms with Crippen LogP contribution in [0.4, 0.5) is 13.2 Å². The van der Waals surface area contributed by atoms with E-state index in [1.54, 1.807) is 0 Å². The summed E-state index contributed by atoms with van der Waals surface area (Å²) in [5.41, 5.74) is -0.0166. The van der Waals surface area contributed by atoms with Gasteiger partial charge >= 0.3 is 12.1 Å². The molecule has 0 unspecified atom stereocenters. The maximum atomic E-state index is 11.9. The van der Waals surface area contributed by atoms with Gasteiger partial charge in [-0.05, 0) is 13.0 Å². The Hall–Kier alpha value is -1.79. The van der Waals surface area contributed by atoms with Gasteiger partial charge in [0.05, 0.1) is 0 Å². The Balaban J connectivity index is 2.86. The summed E-state index contributed by atoms with van der Waals surface area (Å²) in [6.45, 7) is -0.0196. The van der Waals surface area contributed by atoms with Crippen LogP contribution in [0.5, 0.6) is 5.88 Å². The van der Waals surface area contributed by atoms with Gasteiger partial charge in [-0.1, -0.05) is 6.07 Å². The largest absolute Gasteiger partial charge is 0.477 e. The van der Waals surface area contributed by atoms with E-state index in [9.17, 15) is 18.0 Å². The van der Waals surface area contributed by atoms with Crippen LogP contribution in [0.1, 0.15) is 16.1 Å². The van der Waals surface area contributed by atoms with Crippen molar-refractivity contribution < 1.29 is 27.8 Å².